The van der Waals surface area contributed by atoms with Crippen LogP contribution in [-0.2, 0) is 0 Å². The summed E-state index contributed by atoms with van der Waals surface area (Å²) in [5.41, 5.74) is 6.36. The van der Waals surface area contributed by atoms with Gasteiger partial charge in [0.15, 0.2) is 0 Å². The Morgan fingerprint density at radius 1 is 1.53 bits per heavy atom. The summed E-state index contributed by atoms with van der Waals surface area (Å²) in [4.78, 5) is 15.7. The van der Waals surface area contributed by atoms with Crippen LogP contribution in [-0.4, -0.2) is 37.0 Å². The molecule has 0 aliphatic heterocycles. The van der Waals surface area contributed by atoms with E-state index in [-0.39, 0.29) is 11.4 Å². The SMILES string of the molecule is Cc1sc(C(=O)NCC(C)(C)N(C)C)cc1N. The predicted molar refractivity (Wildman–Crippen MR) is 73.6 cm³/mol. The third-order valence-electron chi connectivity index (χ3n) is 3.07. The van der Waals surface area contributed by atoms with Gasteiger partial charge in [0.1, 0.15) is 0 Å². The monoisotopic (exact) mass is 255 g/mol. The maximum absolute atomic E-state index is 11.9. The minimum Gasteiger partial charge on any atom is -0.398 e. The number of amides is 1. The van der Waals surface area contributed by atoms with Crippen LogP contribution in [0.5, 0.6) is 0 Å². The van der Waals surface area contributed by atoms with Crippen LogP contribution in [0.25, 0.3) is 0 Å². The van der Waals surface area contributed by atoms with Crippen LogP contribution >= 0.6 is 11.3 Å². The number of carbonyl (C=O) groups is 1. The van der Waals surface area contributed by atoms with Gasteiger partial charge in [-0.05, 0) is 40.9 Å². The van der Waals surface area contributed by atoms with Crippen LogP contribution in [0.1, 0.15) is 28.4 Å². The van der Waals surface area contributed by atoms with Crippen LogP contribution in [0, 0.1) is 6.92 Å². The summed E-state index contributed by atoms with van der Waals surface area (Å²) in [5.74, 6) is -0.0512. The molecule has 1 amide bonds. The minimum absolute atomic E-state index is 0.0512. The summed E-state index contributed by atoms with van der Waals surface area (Å²) >= 11 is 1.43. The van der Waals surface area contributed by atoms with Crippen molar-refractivity contribution in [2.24, 2.45) is 0 Å². The quantitative estimate of drug-likeness (QED) is 0.861. The fraction of sp³-hybridized carbons (Fsp3) is 0.583. The highest BCUT2D eigenvalue weighted by atomic mass is 32.1. The zero-order valence-electron chi connectivity index (χ0n) is 11.1. The number of rotatable bonds is 4. The van der Waals surface area contributed by atoms with Crippen molar-refractivity contribution in [3.8, 4) is 0 Å². The first-order valence-electron chi connectivity index (χ1n) is 5.55. The van der Waals surface area contributed by atoms with Crippen molar-refractivity contribution in [2.45, 2.75) is 26.3 Å². The molecular formula is C12H21N3OS. The lowest BCUT2D eigenvalue weighted by atomic mass is 10.0. The molecule has 0 aliphatic rings. The zero-order valence-corrected chi connectivity index (χ0v) is 11.9. The molecule has 17 heavy (non-hydrogen) atoms. The summed E-state index contributed by atoms with van der Waals surface area (Å²) in [6, 6.07) is 1.73. The second kappa shape index (κ2) is 5.06. The van der Waals surface area contributed by atoms with Crippen LogP contribution < -0.4 is 11.1 Å². The van der Waals surface area contributed by atoms with Gasteiger partial charge in [-0.2, -0.15) is 0 Å². The lowest BCUT2D eigenvalue weighted by Crippen LogP contribution is -2.48. The first-order valence-corrected chi connectivity index (χ1v) is 6.37. The molecule has 0 aliphatic carbocycles. The van der Waals surface area contributed by atoms with Gasteiger partial charge >= 0.3 is 0 Å². The number of carbonyl (C=O) groups excluding carboxylic acids is 1. The van der Waals surface area contributed by atoms with E-state index in [0.717, 1.165) is 4.88 Å². The van der Waals surface area contributed by atoms with Crippen LogP contribution in [0.3, 0.4) is 0 Å². The molecule has 1 aromatic rings. The van der Waals surface area contributed by atoms with Crippen molar-refractivity contribution < 1.29 is 4.79 Å². The summed E-state index contributed by atoms with van der Waals surface area (Å²) in [6.45, 7) is 6.69. The Bertz CT molecular complexity index is 390. The van der Waals surface area contributed by atoms with Gasteiger partial charge in [-0.3, -0.25) is 4.79 Å². The average molecular weight is 255 g/mol. The molecule has 0 unspecified atom stereocenters. The number of anilines is 1. The Morgan fingerprint density at radius 3 is 2.53 bits per heavy atom. The number of nitrogens with one attached hydrogen (secondary N) is 1. The molecule has 3 N–H and O–H groups in total. The van der Waals surface area contributed by atoms with E-state index in [9.17, 15) is 4.79 Å². The summed E-state index contributed by atoms with van der Waals surface area (Å²) in [7, 11) is 4.00. The minimum atomic E-state index is -0.0620. The predicted octanol–water partition coefficient (Wildman–Crippen LogP) is 1.71. The molecule has 5 heteroatoms. The zero-order chi connectivity index (χ0) is 13.2. The number of aryl methyl sites for hydroxylation is 1. The Morgan fingerprint density at radius 2 is 2.12 bits per heavy atom. The van der Waals surface area contributed by atoms with Crippen molar-refractivity contribution in [2.75, 3.05) is 26.4 Å². The second-order valence-corrected chi connectivity index (χ2v) is 6.27. The highest BCUT2D eigenvalue weighted by Crippen LogP contribution is 2.23. The largest absolute Gasteiger partial charge is 0.398 e. The maximum Gasteiger partial charge on any atom is 0.261 e. The van der Waals surface area contributed by atoms with E-state index in [4.69, 9.17) is 5.73 Å². The van der Waals surface area contributed by atoms with Crippen LogP contribution in [0.2, 0.25) is 0 Å². The Labute approximate surface area is 107 Å². The van der Waals surface area contributed by atoms with E-state index in [1.54, 1.807) is 6.07 Å². The molecule has 0 fully saturated rings. The van der Waals surface area contributed by atoms with E-state index < -0.39 is 0 Å². The van der Waals surface area contributed by atoms with E-state index in [1.807, 2.05) is 21.0 Å². The van der Waals surface area contributed by atoms with E-state index >= 15 is 0 Å². The van der Waals surface area contributed by atoms with Gasteiger partial charge in [0.05, 0.1) is 4.88 Å². The van der Waals surface area contributed by atoms with Crippen molar-refractivity contribution in [1.29, 1.82) is 0 Å². The summed E-state index contributed by atoms with van der Waals surface area (Å²) in [5, 5.41) is 2.94. The van der Waals surface area contributed by atoms with Crippen molar-refractivity contribution >= 4 is 22.9 Å². The molecule has 0 atom stereocenters. The molecule has 96 valence electrons. The van der Waals surface area contributed by atoms with Crippen molar-refractivity contribution in [1.82, 2.24) is 10.2 Å². The molecule has 1 heterocycles. The fourth-order valence-electron chi connectivity index (χ4n) is 1.15. The normalized spacial score (nSPS) is 11.9. The Balaban J connectivity index is 2.62. The molecule has 0 aromatic carbocycles. The molecule has 0 saturated carbocycles. The van der Waals surface area contributed by atoms with Crippen LogP contribution in [0.4, 0.5) is 5.69 Å². The van der Waals surface area contributed by atoms with Gasteiger partial charge in [-0.1, -0.05) is 0 Å². The van der Waals surface area contributed by atoms with E-state index in [1.165, 1.54) is 11.3 Å². The third kappa shape index (κ3) is 3.44. The highest BCUT2D eigenvalue weighted by molar-refractivity contribution is 7.14. The molecule has 0 saturated heterocycles. The Kier molecular flexibility index (Phi) is 4.16. The van der Waals surface area contributed by atoms with Gasteiger partial charge in [0, 0.05) is 22.6 Å². The number of nitrogens with zero attached hydrogens (tertiary/aromatic N) is 1. The lowest BCUT2D eigenvalue weighted by Gasteiger charge is -2.32. The fourth-order valence-corrected chi connectivity index (χ4v) is 2.01. The van der Waals surface area contributed by atoms with E-state index in [0.29, 0.717) is 17.1 Å². The highest BCUT2D eigenvalue weighted by Gasteiger charge is 2.21. The second-order valence-electron chi connectivity index (χ2n) is 5.01. The van der Waals surface area contributed by atoms with Gasteiger partial charge in [0.25, 0.3) is 5.91 Å². The number of nitrogens with two attached hydrogens (primary N) is 1. The topological polar surface area (TPSA) is 58.4 Å². The maximum atomic E-state index is 11.9. The van der Waals surface area contributed by atoms with Crippen LogP contribution in [0.15, 0.2) is 6.07 Å². The van der Waals surface area contributed by atoms with Gasteiger partial charge in [-0.25, -0.2) is 0 Å². The first kappa shape index (κ1) is 14.0. The van der Waals surface area contributed by atoms with Gasteiger partial charge < -0.3 is 16.0 Å². The first-order chi connectivity index (χ1) is 7.74. The molecule has 0 radical (unpaired) electrons. The van der Waals surface area contributed by atoms with Crippen molar-refractivity contribution in [3.63, 3.8) is 0 Å². The number of likely N-dealkylation sites (N-methyl/N-ethyl adjacent to an activating group) is 1. The van der Waals surface area contributed by atoms with E-state index in [2.05, 4.69) is 24.1 Å². The smallest absolute Gasteiger partial charge is 0.261 e. The summed E-state index contributed by atoms with van der Waals surface area (Å²) in [6.07, 6.45) is 0. The molecule has 0 spiro atoms. The molecular weight excluding hydrogens is 234 g/mol. The number of hydrogen-bond acceptors (Lipinski definition) is 4. The standard InChI is InChI=1S/C12H21N3OS/c1-8-9(13)6-10(17-8)11(16)14-7-12(2,3)15(4)5/h6H,7,13H2,1-5H3,(H,14,16). The average Bonchev–Trinajstić information content (AvgIpc) is 2.56. The number of hydrogen-bond donors (Lipinski definition) is 2. The molecule has 0 bridgehead atoms. The van der Waals surface area contributed by atoms with Crippen molar-refractivity contribution in [3.05, 3.63) is 15.8 Å². The molecule has 1 aromatic heterocycles. The lowest BCUT2D eigenvalue weighted by molar-refractivity contribution is 0.0924. The summed E-state index contributed by atoms with van der Waals surface area (Å²) < 4.78 is 0. The molecule has 4 nitrogen and oxygen atoms in total. The Hall–Kier alpha value is -1.07. The number of thiophene rings is 1. The third-order valence-corrected chi connectivity index (χ3v) is 4.14. The van der Waals surface area contributed by atoms with Gasteiger partial charge in [0.2, 0.25) is 0 Å². The molecule has 1 rings (SSSR count). The number of nitrogen functional groups attached to an aromatic ring is 1. The van der Waals surface area contributed by atoms with Gasteiger partial charge in [-0.15, -0.1) is 11.3 Å².